The van der Waals surface area contributed by atoms with Crippen LogP contribution >= 0.6 is 11.3 Å². The Morgan fingerprint density at radius 3 is 2.81 bits per heavy atom. The van der Waals surface area contributed by atoms with Crippen molar-refractivity contribution in [3.05, 3.63) is 64.9 Å². The van der Waals surface area contributed by atoms with Gasteiger partial charge in [0.2, 0.25) is 4.96 Å². The number of fused-ring (bicyclic) bond motifs is 2. The van der Waals surface area contributed by atoms with Crippen LogP contribution in [0.15, 0.2) is 48.5 Å². The molecule has 1 atom stereocenters. The van der Waals surface area contributed by atoms with Crippen molar-refractivity contribution in [2.45, 2.75) is 19.6 Å². The molecule has 3 heterocycles. The molecule has 7 nitrogen and oxygen atoms in total. The third-order valence-electron chi connectivity index (χ3n) is 4.30. The molecular formula is C19H16N4O3S. The summed E-state index contributed by atoms with van der Waals surface area (Å²) in [7, 11) is 0. The summed E-state index contributed by atoms with van der Waals surface area (Å²) in [6.45, 7) is 2.76. The van der Waals surface area contributed by atoms with Crippen molar-refractivity contribution in [3.63, 3.8) is 0 Å². The fourth-order valence-corrected chi connectivity index (χ4v) is 3.69. The standard InChI is InChI=1S/C19H16N4O3S/c1-12-6-2-3-7-13(12)25-11-17-22-23-18(20-21-19(23)27-17)16-10-24-14-8-4-5-9-15(14)26-16/h2-9,16H,10-11H2,1H3/t16-/m1/s1. The van der Waals surface area contributed by atoms with Crippen molar-refractivity contribution < 1.29 is 14.2 Å². The van der Waals surface area contributed by atoms with Gasteiger partial charge in [-0.15, -0.1) is 10.2 Å². The maximum absolute atomic E-state index is 6.02. The van der Waals surface area contributed by atoms with E-state index >= 15 is 0 Å². The van der Waals surface area contributed by atoms with Crippen LogP contribution < -0.4 is 14.2 Å². The number of rotatable bonds is 4. The highest BCUT2D eigenvalue weighted by molar-refractivity contribution is 7.16. The van der Waals surface area contributed by atoms with Gasteiger partial charge in [0.05, 0.1) is 0 Å². The third kappa shape index (κ3) is 2.97. The fraction of sp³-hybridized carbons (Fsp3) is 0.211. The molecule has 0 radical (unpaired) electrons. The Balaban J connectivity index is 1.37. The van der Waals surface area contributed by atoms with Crippen molar-refractivity contribution in [1.82, 2.24) is 19.8 Å². The summed E-state index contributed by atoms with van der Waals surface area (Å²) in [5, 5.41) is 13.9. The first-order valence-corrected chi connectivity index (χ1v) is 9.37. The average Bonchev–Trinajstić information content (AvgIpc) is 3.27. The molecule has 5 rings (SSSR count). The lowest BCUT2D eigenvalue weighted by atomic mass is 10.2. The molecule has 0 N–H and O–H groups in total. The molecule has 27 heavy (non-hydrogen) atoms. The largest absolute Gasteiger partial charge is 0.486 e. The van der Waals surface area contributed by atoms with E-state index in [9.17, 15) is 0 Å². The van der Waals surface area contributed by atoms with Gasteiger partial charge in [0.1, 0.15) is 19.0 Å². The molecule has 1 aliphatic heterocycles. The van der Waals surface area contributed by atoms with Gasteiger partial charge in [0.25, 0.3) is 0 Å². The van der Waals surface area contributed by atoms with Crippen molar-refractivity contribution in [2.24, 2.45) is 0 Å². The Bertz CT molecular complexity index is 1110. The molecule has 1 aliphatic rings. The van der Waals surface area contributed by atoms with Gasteiger partial charge in [-0.3, -0.25) is 0 Å². The highest BCUT2D eigenvalue weighted by atomic mass is 32.1. The van der Waals surface area contributed by atoms with E-state index in [0.29, 0.717) is 29.7 Å². The van der Waals surface area contributed by atoms with E-state index in [4.69, 9.17) is 14.2 Å². The van der Waals surface area contributed by atoms with Gasteiger partial charge in [0, 0.05) is 0 Å². The summed E-state index contributed by atoms with van der Waals surface area (Å²) in [5.74, 6) is 2.91. The quantitative estimate of drug-likeness (QED) is 0.539. The minimum atomic E-state index is -0.359. The summed E-state index contributed by atoms with van der Waals surface area (Å²) in [6.07, 6.45) is -0.359. The second kappa shape index (κ2) is 6.55. The maximum atomic E-state index is 6.02. The number of aromatic nitrogens is 4. The molecule has 0 unspecified atom stereocenters. The predicted octanol–water partition coefficient (Wildman–Crippen LogP) is 3.59. The van der Waals surface area contributed by atoms with Crippen LogP contribution in [0.2, 0.25) is 0 Å². The molecular weight excluding hydrogens is 364 g/mol. The monoisotopic (exact) mass is 380 g/mol. The van der Waals surface area contributed by atoms with Crippen LogP contribution in [0.5, 0.6) is 17.2 Å². The number of ether oxygens (including phenoxy) is 3. The number of nitrogens with zero attached hydrogens (tertiary/aromatic N) is 4. The Kier molecular flexibility index (Phi) is 3.90. The average molecular weight is 380 g/mol. The smallest absolute Gasteiger partial charge is 0.234 e. The Morgan fingerprint density at radius 1 is 1.11 bits per heavy atom. The van der Waals surface area contributed by atoms with Crippen LogP contribution in [-0.2, 0) is 6.61 Å². The molecule has 0 spiro atoms. The second-order valence-corrected chi connectivity index (χ2v) is 7.21. The predicted molar refractivity (Wildman–Crippen MR) is 99.5 cm³/mol. The van der Waals surface area contributed by atoms with Gasteiger partial charge in [-0.25, -0.2) is 0 Å². The Morgan fingerprint density at radius 2 is 1.93 bits per heavy atom. The Hall–Kier alpha value is -3.13. The number of hydrogen-bond acceptors (Lipinski definition) is 7. The van der Waals surface area contributed by atoms with Gasteiger partial charge in [-0.05, 0) is 30.7 Å². The van der Waals surface area contributed by atoms with Crippen LogP contribution in [0.4, 0.5) is 0 Å². The molecule has 0 fully saturated rings. The van der Waals surface area contributed by atoms with Gasteiger partial charge in [0.15, 0.2) is 28.4 Å². The number of aryl methyl sites for hydroxylation is 1. The van der Waals surface area contributed by atoms with Crippen molar-refractivity contribution in [3.8, 4) is 17.2 Å². The lowest BCUT2D eigenvalue weighted by Crippen LogP contribution is -2.23. The number of para-hydroxylation sites is 3. The summed E-state index contributed by atoms with van der Waals surface area (Å²) >= 11 is 1.45. The first-order valence-electron chi connectivity index (χ1n) is 8.56. The minimum absolute atomic E-state index is 0.359. The topological polar surface area (TPSA) is 70.8 Å². The zero-order valence-corrected chi connectivity index (χ0v) is 15.3. The molecule has 8 heteroatoms. The van der Waals surface area contributed by atoms with E-state index in [2.05, 4.69) is 15.3 Å². The third-order valence-corrected chi connectivity index (χ3v) is 5.17. The van der Waals surface area contributed by atoms with Gasteiger partial charge < -0.3 is 14.2 Å². The van der Waals surface area contributed by atoms with E-state index in [-0.39, 0.29) is 6.10 Å². The second-order valence-electron chi connectivity index (χ2n) is 6.17. The zero-order valence-electron chi connectivity index (χ0n) is 14.5. The first-order chi connectivity index (χ1) is 13.3. The molecule has 0 amide bonds. The molecule has 2 aromatic heterocycles. The molecule has 0 aliphatic carbocycles. The van der Waals surface area contributed by atoms with Crippen molar-refractivity contribution in [1.29, 1.82) is 0 Å². The van der Waals surface area contributed by atoms with Crippen LogP contribution in [0.3, 0.4) is 0 Å². The zero-order chi connectivity index (χ0) is 18.2. The fourth-order valence-electron chi connectivity index (χ4n) is 2.94. The van der Waals surface area contributed by atoms with Crippen LogP contribution in [0.1, 0.15) is 22.5 Å². The van der Waals surface area contributed by atoms with E-state index in [1.54, 1.807) is 4.52 Å². The van der Waals surface area contributed by atoms with Gasteiger partial charge >= 0.3 is 0 Å². The summed E-state index contributed by atoms with van der Waals surface area (Å²) in [4.78, 5) is 0.704. The Labute approximate surface area is 159 Å². The highest BCUT2D eigenvalue weighted by Crippen LogP contribution is 2.35. The van der Waals surface area contributed by atoms with Gasteiger partial charge in [-0.2, -0.15) is 9.61 Å². The van der Waals surface area contributed by atoms with Crippen LogP contribution in [0, 0.1) is 6.92 Å². The first kappa shape index (κ1) is 16.1. The lowest BCUT2D eigenvalue weighted by molar-refractivity contribution is 0.0835. The summed E-state index contributed by atoms with van der Waals surface area (Å²) in [5.41, 5.74) is 1.09. The molecule has 0 saturated heterocycles. The van der Waals surface area contributed by atoms with Crippen molar-refractivity contribution in [2.75, 3.05) is 6.61 Å². The lowest BCUT2D eigenvalue weighted by Gasteiger charge is -2.24. The normalized spacial score (nSPS) is 15.8. The van der Waals surface area contributed by atoms with Crippen LogP contribution in [0.25, 0.3) is 4.96 Å². The van der Waals surface area contributed by atoms with E-state index < -0.39 is 0 Å². The SMILES string of the molecule is Cc1ccccc1OCc1nn2c([C@H]3COc4ccccc4O3)nnc2s1. The molecule has 0 saturated carbocycles. The number of benzene rings is 2. The van der Waals surface area contributed by atoms with E-state index in [1.807, 2.05) is 55.5 Å². The minimum Gasteiger partial charge on any atom is -0.486 e. The van der Waals surface area contributed by atoms with Crippen LogP contribution in [-0.4, -0.2) is 26.4 Å². The van der Waals surface area contributed by atoms with E-state index in [0.717, 1.165) is 22.1 Å². The summed E-state index contributed by atoms with van der Waals surface area (Å²) < 4.78 is 19.4. The van der Waals surface area contributed by atoms with Gasteiger partial charge in [-0.1, -0.05) is 41.7 Å². The summed E-state index contributed by atoms with van der Waals surface area (Å²) in [6, 6.07) is 15.5. The maximum Gasteiger partial charge on any atom is 0.234 e. The number of hydrogen-bond donors (Lipinski definition) is 0. The highest BCUT2D eigenvalue weighted by Gasteiger charge is 2.28. The molecule has 4 aromatic rings. The van der Waals surface area contributed by atoms with Crippen molar-refractivity contribution >= 4 is 16.3 Å². The molecule has 2 aromatic carbocycles. The van der Waals surface area contributed by atoms with E-state index in [1.165, 1.54) is 11.3 Å². The molecule has 136 valence electrons. The molecule has 0 bridgehead atoms.